The van der Waals surface area contributed by atoms with Crippen molar-refractivity contribution in [3.05, 3.63) is 71.4 Å². The van der Waals surface area contributed by atoms with E-state index in [1.165, 1.54) is 23.2 Å². The maximum atomic E-state index is 14.0. The molecule has 1 amide bonds. The third-order valence-electron chi connectivity index (χ3n) is 4.82. The molecule has 1 fully saturated rings. The van der Waals surface area contributed by atoms with Crippen LogP contribution in [0.5, 0.6) is 0 Å². The molecule has 144 valence electrons. The van der Waals surface area contributed by atoms with Crippen LogP contribution in [0.3, 0.4) is 0 Å². The number of anilines is 1. The van der Waals surface area contributed by atoms with Gasteiger partial charge in [0.2, 0.25) is 0 Å². The summed E-state index contributed by atoms with van der Waals surface area (Å²) >= 11 is 0. The SMILES string of the molecule is O=C(c1c(F)cccc1F)N1CCN(c2ccnc3c(F)cc(F)cc23)CC1. The van der Waals surface area contributed by atoms with Crippen LogP contribution in [0, 0.1) is 23.3 Å². The van der Waals surface area contributed by atoms with Crippen molar-refractivity contribution in [2.24, 2.45) is 0 Å². The van der Waals surface area contributed by atoms with E-state index in [4.69, 9.17) is 0 Å². The normalized spacial score (nSPS) is 14.6. The lowest BCUT2D eigenvalue weighted by atomic mass is 10.1. The molecule has 8 heteroatoms. The van der Waals surface area contributed by atoms with Gasteiger partial charge < -0.3 is 9.80 Å². The summed E-state index contributed by atoms with van der Waals surface area (Å²) in [6.07, 6.45) is 1.44. The number of carbonyl (C=O) groups is 1. The number of carbonyl (C=O) groups excluding carboxylic acids is 1. The number of nitrogens with zero attached hydrogens (tertiary/aromatic N) is 3. The molecule has 0 atom stereocenters. The summed E-state index contributed by atoms with van der Waals surface area (Å²) in [7, 11) is 0. The summed E-state index contributed by atoms with van der Waals surface area (Å²) < 4.78 is 55.4. The van der Waals surface area contributed by atoms with Gasteiger partial charge in [-0.1, -0.05) is 6.07 Å². The first kappa shape index (κ1) is 18.2. The molecule has 0 N–H and O–H groups in total. The molecule has 2 heterocycles. The topological polar surface area (TPSA) is 36.4 Å². The first-order chi connectivity index (χ1) is 13.5. The molecule has 1 saturated heterocycles. The number of piperazine rings is 1. The van der Waals surface area contributed by atoms with Crippen LogP contribution in [-0.4, -0.2) is 42.0 Å². The van der Waals surface area contributed by atoms with Gasteiger partial charge in [0.05, 0.1) is 0 Å². The third-order valence-corrected chi connectivity index (χ3v) is 4.82. The van der Waals surface area contributed by atoms with Gasteiger partial charge in [-0.2, -0.15) is 0 Å². The lowest BCUT2D eigenvalue weighted by molar-refractivity contribution is 0.0737. The Bertz CT molecular complexity index is 1040. The zero-order valence-electron chi connectivity index (χ0n) is 14.6. The van der Waals surface area contributed by atoms with Crippen LogP contribution in [0.4, 0.5) is 23.2 Å². The van der Waals surface area contributed by atoms with Gasteiger partial charge in [-0.15, -0.1) is 0 Å². The van der Waals surface area contributed by atoms with Crippen LogP contribution in [0.1, 0.15) is 10.4 Å². The van der Waals surface area contributed by atoms with Crippen molar-refractivity contribution >= 4 is 22.5 Å². The molecule has 3 aromatic rings. The number of hydrogen-bond donors (Lipinski definition) is 0. The van der Waals surface area contributed by atoms with Gasteiger partial charge in [-0.3, -0.25) is 9.78 Å². The average Bonchev–Trinajstić information content (AvgIpc) is 2.67. The lowest BCUT2D eigenvalue weighted by Gasteiger charge is -2.36. The zero-order chi connectivity index (χ0) is 19.8. The van der Waals surface area contributed by atoms with Gasteiger partial charge >= 0.3 is 0 Å². The van der Waals surface area contributed by atoms with Gasteiger partial charge in [-0.25, -0.2) is 17.6 Å². The monoisotopic (exact) mass is 389 g/mol. The van der Waals surface area contributed by atoms with Crippen LogP contribution in [0.25, 0.3) is 10.9 Å². The minimum atomic E-state index is -0.904. The molecule has 4 rings (SSSR count). The summed E-state index contributed by atoms with van der Waals surface area (Å²) in [6, 6.07) is 6.92. The molecule has 0 unspecified atom stereocenters. The number of rotatable bonds is 2. The van der Waals surface area contributed by atoms with E-state index in [9.17, 15) is 22.4 Å². The van der Waals surface area contributed by atoms with Gasteiger partial charge in [0.15, 0.2) is 5.82 Å². The first-order valence-electron chi connectivity index (χ1n) is 8.67. The molecule has 1 aliphatic heterocycles. The largest absolute Gasteiger partial charge is 0.367 e. The Balaban J connectivity index is 1.57. The second kappa shape index (κ2) is 7.10. The highest BCUT2D eigenvalue weighted by Crippen LogP contribution is 2.29. The van der Waals surface area contributed by atoms with E-state index in [0.717, 1.165) is 18.2 Å². The molecular weight excluding hydrogens is 374 g/mol. The first-order valence-corrected chi connectivity index (χ1v) is 8.67. The van der Waals surface area contributed by atoms with E-state index in [-0.39, 0.29) is 18.6 Å². The Labute approximate surface area is 158 Å². The van der Waals surface area contributed by atoms with Crippen LogP contribution in [-0.2, 0) is 0 Å². The van der Waals surface area contributed by atoms with Gasteiger partial charge in [-0.05, 0) is 24.3 Å². The highest BCUT2D eigenvalue weighted by Gasteiger charge is 2.27. The molecule has 0 saturated carbocycles. The second-order valence-electron chi connectivity index (χ2n) is 6.49. The molecule has 1 aromatic heterocycles. The highest BCUT2D eigenvalue weighted by atomic mass is 19.1. The minimum absolute atomic E-state index is 0.0610. The smallest absolute Gasteiger partial charge is 0.259 e. The van der Waals surface area contributed by atoms with Gasteiger partial charge in [0.1, 0.15) is 28.5 Å². The molecule has 4 nitrogen and oxygen atoms in total. The van der Waals surface area contributed by atoms with Crippen LogP contribution < -0.4 is 4.90 Å². The molecular formula is C20H15F4N3O. The van der Waals surface area contributed by atoms with Crippen molar-refractivity contribution < 1.29 is 22.4 Å². The van der Waals surface area contributed by atoms with Crippen LogP contribution in [0.15, 0.2) is 42.6 Å². The van der Waals surface area contributed by atoms with Crippen molar-refractivity contribution in [3.8, 4) is 0 Å². The standard InChI is InChI=1S/C20H15F4N3O/c21-12-10-13-17(4-5-25-19(13)16(24)11-12)26-6-8-27(9-7-26)20(28)18-14(22)2-1-3-15(18)23/h1-5,10-11H,6-9H2. The van der Waals surface area contributed by atoms with E-state index in [1.807, 2.05) is 4.90 Å². The number of amides is 1. The van der Waals surface area contributed by atoms with Crippen molar-refractivity contribution in [1.82, 2.24) is 9.88 Å². The van der Waals surface area contributed by atoms with Gasteiger partial charge in [0, 0.05) is 49.5 Å². The molecule has 2 aromatic carbocycles. The maximum absolute atomic E-state index is 14.0. The summed E-state index contributed by atoms with van der Waals surface area (Å²) in [5, 5.41) is 0.333. The van der Waals surface area contributed by atoms with E-state index >= 15 is 0 Å². The summed E-state index contributed by atoms with van der Waals surface area (Å²) in [4.78, 5) is 19.7. The molecule has 0 spiro atoms. The van der Waals surface area contributed by atoms with E-state index in [1.54, 1.807) is 6.07 Å². The lowest BCUT2D eigenvalue weighted by Crippen LogP contribution is -2.49. The van der Waals surface area contributed by atoms with E-state index < -0.39 is 34.7 Å². The summed E-state index contributed by atoms with van der Waals surface area (Å²) in [5.41, 5.74) is 0.0767. The van der Waals surface area contributed by atoms with Crippen LogP contribution >= 0.6 is 0 Å². The molecule has 28 heavy (non-hydrogen) atoms. The number of halogens is 4. The Morgan fingerprint density at radius 1 is 0.893 bits per heavy atom. The van der Waals surface area contributed by atoms with Crippen molar-refractivity contribution in [3.63, 3.8) is 0 Å². The zero-order valence-corrected chi connectivity index (χ0v) is 14.6. The quantitative estimate of drug-likeness (QED) is 0.627. The van der Waals surface area contributed by atoms with Gasteiger partial charge in [0.25, 0.3) is 5.91 Å². The Hall–Kier alpha value is -3.16. The average molecular weight is 389 g/mol. The maximum Gasteiger partial charge on any atom is 0.259 e. The number of aromatic nitrogens is 1. The third kappa shape index (κ3) is 3.15. The summed E-state index contributed by atoms with van der Waals surface area (Å²) in [5.74, 6) is -3.98. The predicted octanol–water partition coefficient (Wildman–Crippen LogP) is 3.75. The number of pyridine rings is 1. The Kier molecular flexibility index (Phi) is 4.62. The minimum Gasteiger partial charge on any atom is -0.367 e. The number of fused-ring (bicyclic) bond motifs is 1. The fraction of sp³-hybridized carbons (Fsp3) is 0.200. The van der Waals surface area contributed by atoms with Crippen molar-refractivity contribution in [2.45, 2.75) is 0 Å². The van der Waals surface area contributed by atoms with Crippen LogP contribution in [0.2, 0.25) is 0 Å². The highest BCUT2D eigenvalue weighted by molar-refractivity contribution is 5.95. The molecule has 0 radical (unpaired) electrons. The number of hydrogen-bond acceptors (Lipinski definition) is 3. The predicted molar refractivity (Wildman–Crippen MR) is 96.1 cm³/mol. The molecule has 0 aliphatic carbocycles. The fourth-order valence-corrected chi connectivity index (χ4v) is 3.45. The van der Waals surface area contributed by atoms with Crippen molar-refractivity contribution in [1.29, 1.82) is 0 Å². The van der Waals surface area contributed by atoms with E-state index in [0.29, 0.717) is 24.2 Å². The number of benzene rings is 2. The van der Waals surface area contributed by atoms with E-state index in [2.05, 4.69) is 4.98 Å². The fourth-order valence-electron chi connectivity index (χ4n) is 3.45. The molecule has 1 aliphatic rings. The van der Waals surface area contributed by atoms with Crippen molar-refractivity contribution in [2.75, 3.05) is 31.1 Å². The Morgan fingerprint density at radius 3 is 2.25 bits per heavy atom. The summed E-state index contributed by atoms with van der Waals surface area (Å²) in [6.45, 7) is 1.13. The Morgan fingerprint density at radius 2 is 1.57 bits per heavy atom. The molecule has 0 bridgehead atoms. The second-order valence-corrected chi connectivity index (χ2v) is 6.49.